The SMILES string of the molecule is CC1CC(O)(c2c(Cl)cnn2CCN(C)C)CC(C)O1. The maximum atomic E-state index is 11.1. The smallest absolute Gasteiger partial charge is 0.113 e. The van der Waals surface area contributed by atoms with E-state index in [1.165, 1.54) is 0 Å². The summed E-state index contributed by atoms with van der Waals surface area (Å²) in [5, 5.41) is 15.9. The van der Waals surface area contributed by atoms with Gasteiger partial charge in [0.15, 0.2) is 0 Å². The number of likely N-dealkylation sites (N-methyl/N-ethyl adjacent to an activating group) is 1. The van der Waals surface area contributed by atoms with E-state index in [1.807, 2.05) is 32.6 Å². The van der Waals surface area contributed by atoms with Gasteiger partial charge < -0.3 is 14.7 Å². The van der Waals surface area contributed by atoms with Crippen molar-refractivity contribution in [2.75, 3.05) is 20.6 Å². The average molecular weight is 302 g/mol. The minimum absolute atomic E-state index is 0.0111. The summed E-state index contributed by atoms with van der Waals surface area (Å²) in [5.41, 5.74) is -0.236. The van der Waals surface area contributed by atoms with Gasteiger partial charge in [-0.3, -0.25) is 4.68 Å². The Morgan fingerprint density at radius 1 is 1.45 bits per heavy atom. The van der Waals surface area contributed by atoms with E-state index >= 15 is 0 Å². The van der Waals surface area contributed by atoms with Crippen molar-refractivity contribution in [2.24, 2.45) is 0 Å². The Morgan fingerprint density at radius 3 is 2.60 bits per heavy atom. The molecule has 0 bridgehead atoms. The van der Waals surface area contributed by atoms with Crippen LogP contribution in [0, 0.1) is 0 Å². The summed E-state index contributed by atoms with van der Waals surface area (Å²) >= 11 is 6.28. The number of halogens is 1. The topological polar surface area (TPSA) is 50.5 Å². The van der Waals surface area contributed by atoms with Gasteiger partial charge in [0.2, 0.25) is 0 Å². The molecule has 114 valence electrons. The number of hydrogen-bond acceptors (Lipinski definition) is 4. The van der Waals surface area contributed by atoms with Crippen molar-refractivity contribution in [3.63, 3.8) is 0 Å². The van der Waals surface area contributed by atoms with Gasteiger partial charge in [-0.05, 0) is 27.9 Å². The third-order valence-electron chi connectivity index (χ3n) is 3.71. The summed E-state index contributed by atoms with van der Waals surface area (Å²) in [6.07, 6.45) is 2.74. The van der Waals surface area contributed by atoms with Crippen LogP contribution in [-0.2, 0) is 16.9 Å². The molecule has 6 heteroatoms. The molecule has 0 radical (unpaired) electrons. The fraction of sp³-hybridized carbons (Fsp3) is 0.786. The van der Waals surface area contributed by atoms with E-state index < -0.39 is 5.60 Å². The highest BCUT2D eigenvalue weighted by Gasteiger charge is 2.42. The molecule has 5 nitrogen and oxygen atoms in total. The van der Waals surface area contributed by atoms with Crippen LogP contribution in [0.25, 0.3) is 0 Å². The van der Waals surface area contributed by atoms with Crippen molar-refractivity contribution < 1.29 is 9.84 Å². The van der Waals surface area contributed by atoms with Crippen LogP contribution in [0.3, 0.4) is 0 Å². The summed E-state index contributed by atoms with van der Waals surface area (Å²) in [6, 6.07) is 0. The molecule has 1 N–H and O–H groups in total. The van der Waals surface area contributed by atoms with E-state index in [-0.39, 0.29) is 12.2 Å². The largest absolute Gasteiger partial charge is 0.383 e. The first kappa shape index (κ1) is 15.8. The predicted molar refractivity (Wildman–Crippen MR) is 78.9 cm³/mol. The van der Waals surface area contributed by atoms with E-state index in [9.17, 15) is 5.11 Å². The Morgan fingerprint density at radius 2 is 2.05 bits per heavy atom. The molecule has 0 spiro atoms. The minimum atomic E-state index is -0.961. The molecule has 0 amide bonds. The van der Waals surface area contributed by atoms with Crippen LogP contribution in [0.15, 0.2) is 6.20 Å². The number of aromatic nitrogens is 2. The van der Waals surface area contributed by atoms with Crippen molar-refractivity contribution in [3.05, 3.63) is 16.9 Å². The Hall–Kier alpha value is -0.620. The molecule has 2 heterocycles. The maximum Gasteiger partial charge on any atom is 0.113 e. The van der Waals surface area contributed by atoms with Crippen molar-refractivity contribution in [1.29, 1.82) is 0 Å². The van der Waals surface area contributed by atoms with E-state index in [0.717, 1.165) is 12.2 Å². The van der Waals surface area contributed by atoms with Crippen molar-refractivity contribution in [1.82, 2.24) is 14.7 Å². The van der Waals surface area contributed by atoms with Gasteiger partial charge >= 0.3 is 0 Å². The molecule has 2 rings (SSSR count). The number of hydrogen-bond donors (Lipinski definition) is 1. The lowest BCUT2D eigenvalue weighted by Gasteiger charge is -2.39. The molecular weight excluding hydrogens is 278 g/mol. The van der Waals surface area contributed by atoms with Gasteiger partial charge in [-0.25, -0.2) is 0 Å². The molecular formula is C14H24ClN3O2. The van der Waals surface area contributed by atoms with Gasteiger partial charge in [-0.2, -0.15) is 5.10 Å². The van der Waals surface area contributed by atoms with Crippen molar-refractivity contribution in [2.45, 2.75) is 51.0 Å². The van der Waals surface area contributed by atoms with Crippen molar-refractivity contribution in [3.8, 4) is 0 Å². The van der Waals surface area contributed by atoms with Crippen LogP contribution < -0.4 is 0 Å². The first-order chi connectivity index (χ1) is 9.32. The minimum Gasteiger partial charge on any atom is -0.383 e. The summed E-state index contributed by atoms with van der Waals surface area (Å²) < 4.78 is 7.54. The first-order valence-corrected chi connectivity index (χ1v) is 7.44. The van der Waals surface area contributed by atoms with Gasteiger partial charge in [0.25, 0.3) is 0 Å². The number of ether oxygens (including phenoxy) is 1. The second-order valence-corrected chi connectivity index (χ2v) is 6.47. The lowest BCUT2D eigenvalue weighted by molar-refractivity contribution is -0.139. The third kappa shape index (κ3) is 3.34. The molecule has 1 aromatic rings. The normalized spacial score (nSPS) is 30.9. The highest BCUT2D eigenvalue weighted by molar-refractivity contribution is 6.31. The second-order valence-electron chi connectivity index (χ2n) is 6.06. The molecule has 1 aliphatic heterocycles. The lowest BCUT2D eigenvalue weighted by atomic mass is 9.84. The number of aliphatic hydroxyl groups is 1. The average Bonchev–Trinajstić information content (AvgIpc) is 2.66. The zero-order valence-corrected chi connectivity index (χ0v) is 13.4. The fourth-order valence-electron chi connectivity index (χ4n) is 3.01. The second kappa shape index (κ2) is 6.02. The molecule has 0 aliphatic carbocycles. The van der Waals surface area contributed by atoms with Crippen LogP contribution in [0.1, 0.15) is 32.4 Å². The monoisotopic (exact) mass is 301 g/mol. The molecule has 0 aromatic carbocycles. The number of nitrogens with zero attached hydrogens (tertiary/aromatic N) is 3. The summed E-state index contributed by atoms with van der Waals surface area (Å²) in [6.45, 7) is 5.52. The lowest BCUT2D eigenvalue weighted by Crippen LogP contribution is -2.43. The predicted octanol–water partition coefficient (Wildman–Crippen LogP) is 1.87. The quantitative estimate of drug-likeness (QED) is 0.922. The highest BCUT2D eigenvalue weighted by Crippen LogP contribution is 2.40. The first-order valence-electron chi connectivity index (χ1n) is 7.06. The summed E-state index contributed by atoms with van der Waals surface area (Å²) in [4.78, 5) is 2.08. The van der Waals surface area contributed by atoms with E-state index in [0.29, 0.717) is 24.4 Å². The Bertz CT molecular complexity index is 451. The Kier molecular flexibility index (Phi) is 4.74. The van der Waals surface area contributed by atoms with Crippen LogP contribution in [0.5, 0.6) is 0 Å². The maximum absolute atomic E-state index is 11.1. The molecule has 1 aliphatic rings. The third-order valence-corrected chi connectivity index (χ3v) is 3.99. The van der Waals surface area contributed by atoms with Crippen LogP contribution in [-0.4, -0.2) is 52.6 Å². The van der Waals surface area contributed by atoms with Crippen LogP contribution in [0.4, 0.5) is 0 Å². The highest BCUT2D eigenvalue weighted by atomic mass is 35.5. The molecule has 1 fully saturated rings. The Labute approximate surface area is 125 Å². The van der Waals surface area contributed by atoms with Gasteiger partial charge in [0, 0.05) is 19.4 Å². The van der Waals surface area contributed by atoms with Gasteiger partial charge in [0.05, 0.1) is 35.7 Å². The standard InChI is InChI=1S/C14H24ClN3O2/c1-10-7-14(19,8-11(2)20-10)13-12(15)9-16-18(13)6-5-17(3)4/h9-11,19H,5-8H2,1-4H3. The zero-order valence-electron chi connectivity index (χ0n) is 12.6. The molecule has 2 unspecified atom stereocenters. The Balaban J connectivity index is 2.28. The van der Waals surface area contributed by atoms with Crippen molar-refractivity contribution >= 4 is 11.6 Å². The molecule has 20 heavy (non-hydrogen) atoms. The van der Waals surface area contributed by atoms with Crippen LogP contribution in [0.2, 0.25) is 5.02 Å². The summed E-state index contributed by atoms with van der Waals surface area (Å²) in [5.74, 6) is 0. The number of rotatable bonds is 4. The molecule has 0 saturated carbocycles. The molecule has 1 saturated heterocycles. The van der Waals surface area contributed by atoms with E-state index in [4.69, 9.17) is 16.3 Å². The van der Waals surface area contributed by atoms with Gasteiger partial charge in [-0.1, -0.05) is 11.6 Å². The molecule has 2 atom stereocenters. The zero-order chi connectivity index (χ0) is 14.9. The van der Waals surface area contributed by atoms with E-state index in [2.05, 4.69) is 10.00 Å². The van der Waals surface area contributed by atoms with Gasteiger partial charge in [-0.15, -0.1) is 0 Å². The molecule has 1 aromatic heterocycles. The fourth-order valence-corrected chi connectivity index (χ4v) is 3.33. The van der Waals surface area contributed by atoms with E-state index in [1.54, 1.807) is 6.20 Å². The summed E-state index contributed by atoms with van der Waals surface area (Å²) in [7, 11) is 4.02. The van der Waals surface area contributed by atoms with Crippen LogP contribution >= 0.6 is 11.6 Å². The van der Waals surface area contributed by atoms with Gasteiger partial charge in [0.1, 0.15) is 5.60 Å².